The quantitative estimate of drug-likeness (QED) is 0.340. The first-order chi connectivity index (χ1) is 14.5. The Kier molecular flexibility index (Phi) is 7.04. The molecular weight excluding hydrogens is 454 g/mol. The second-order valence-electron chi connectivity index (χ2n) is 7.96. The van der Waals surface area contributed by atoms with Crippen LogP contribution in [-0.4, -0.2) is 26.6 Å². The standard InChI is InChI=1S/C21H27N3O4S3/c1-11-6-7-15-16(10-11)30-19(17(15)20(25)28-5)22-21(29)23-24-31(26,27)18-13(3)8-12(2)9-14(18)4/h8-9,11,24H,6-7,10H2,1-5H3,(H2,22,23,29). The molecule has 0 spiro atoms. The van der Waals surface area contributed by atoms with Gasteiger partial charge in [0.25, 0.3) is 10.0 Å². The van der Waals surface area contributed by atoms with Crippen LogP contribution in [0.2, 0.25) is 0 Å². The smallest absolute Gasteiger partial charge is 0.341 e. The Balaban J connectivity index is 1.78. The van der Waals surface area contributed by atoms with Gasteiger partial charge in [-0.3, -0.25) is 5.43 Å². The monoisotopic (exact) mass is 481 g/mol. The minimum atomic E-state index is -3.84. The number of hydrogen-bond donors (Lipinski definition) is 3. The Labute approximate surface area is 192 Å². The number of fused-ring (bicyclic) bond motifs is 1. The van der Waals surface area contributed by atoms with E-state index in [-0.39, 0.29) is 10.0 Å². The third-order valence-corrected chi connectivity index (χ3v) is 8.23. The predicted octanol–water partition coefficient (Wildman–Crippen LogP) is 3.76. The van der Waals surface area contributed by atoms with Gasteiger partial charge in [0.05, 0.1) is 17.6 Å². The van der Waals surface area contributed by atoms with Gasteiger partial charge in [-0.15, -0.1) is 16.2 Å². The van der Waals surface area contributed by atoms with Crippen molar-refractivity contribution in [2.24, 2.45) is 5.92 Å². The summed E-state index contributed by atoms with van der Waals surface area (Å²) >= 11 is 6.75. The molecule has 3 rings (SSSR count). The highest BCUT2D eigenvalue weighted by atomic mass is 32.2. The van der Waals surface area contributed by atoms with Crippen molar-refractivity contribution in [2.75, 3.05) is 12.4 Å². The number of thiophene rings is 1. The van der Waals surface area contributed by atoms with Gasteiger partial charge in [0, 0.05) is 4.88 Å². The molecule has 3 N–H and O–H groups in total. The van der Waals surface area contributed by atoms with E-state index in [9.17, 15) is 13.2 Å². The summed E-state index contributed by atoms with van der Waals surface area (Å²) in [5.41, 5.74) is 6.31. The first-order valence-corrected chi connectivity index (χ1v) is 12.6. The number of methoxy groups -OCH3 is 1. The van der Waals surface area contributed by atoms with Crippen LogP contribution in [-0.2, 0) is 27.6 Å². The maximum atomic E-state index is 12.8. The highest BCUT2D eigenvalue weighted by Crippen LogP contribution is 2.40. The number of thiocarbonyl (C=S) groups is 1. The van der Waals surface area contributed by atoms with Crippen LogP contribution < -0.4 is 15.6 Å². The van der Waals surface area contributed by atoms with Gasteiger partial charge in [-0.2, -0.15) is 0 Å². The molecule has 1 atom stereocenters. The van der Waals surface area contributed by atoms with Gasteiger partial charge in [0.1, 0.15) is 5.00 Å². The topological polar surface area (TPSA) is 96.5 Å². The van der Waals surface area contributed by atoms with Crippen LogP contribution in [0.5, 0.6) is 0 Å². The average molecular weight is 482 g/mol. The van der Waals surface area contributed by atoms with Crippen LogP contribution in [0.3, 0.4) is 0 Å². The number of esters is 1. The van der Waals surface area contributed by atoms with Crippen molar-refractivity contribution in [2.45, 2.75) is 51.9 Å². The lowest BCUT2D eigenvalue weighted by Gasteiger charge is -2.18. The number of nitrogens with one attached hydrogen (secondary N) is 3. The second kappa shape index (κ2) is 9.23. The molecule has 1 aliphatic rings. The summed E-state index contributed by atoms with van der Waals surface area (Å²) in [6.45, 7) is 7.61. The average Bonchev–Trinajstić information content (AvgIpc) is 3.01. The Morgan fingerprint density at radius 2 is 1.87 bits per heavy atom. The zero-order chi connectivity index (χ0) is 22.9. The van der Waals surface area contributed by atoms with Crippen molar-refractivity contribution in [3.8, 4) is 0 Å². The molecule has 0 saturated carbocycles. The lowest BCUT2D eigenvalue weighted by atomic mass is 9.88. The van der Waals surface area contributed by atoms with Crippen LogP contribution in [0.15, 0.2) is 17.0 Å². The SMILES string of the molecule is COC(=O)c1c(NC(=S)NNS(=O)(=O)c2c(C)cc(C)cc2C)sc2c1CCC(C)C2. The van der Waals surface area contributed by atoms with E-state index < -0.39 is 16.0 Å². The van der Waals surface area contributed by atoms with Crippen LogP contribution >= 0.6 is 23.6 Å². The Hall–Kier alpha value is -2.01. The molecule has 1 aromatic carbocycles. The highest BCUT2D eigenvalue weighted by Gasteiger charge is 2.28. The summed E-state index contributed by atoms with van der Waals surface area (Å²) in [7, 11) is -2.50. The summed E-state index contributed by atoms with van der Waals surface area (Å²) in [5.74, 6) is 0.117. The molecule has 1 heterocycles. The van der Waals surface area contributed by atoms with Crippen molar-refractivity contribution in [1.82, 2.24) is 10.3 Å². The van der Waals surface area contributed by atoms with Crippen molar-refractivity contribution < 1.29 is 17.9 Å². The van der Waals surface area contributed by atoms with Crippen LogP contribution in [0, 0.1) is 26.7 Å². The number of carbonyl (C=O) groups is 1. The molecule has 0 radical (unpaired) electrons. The van der Waals surface area contributed by atoms with E-state index in [0.29, 0.717) is 27.6 Å². The molecule has 1 aliphatic carbocycles. The third kappa shape index (κ3) is 5.08. The predicted molar refractivity (Wildman–Crippen MR) is 127 cm³/mol. The maximum Gasteiger partial charge on any atom is 0.341 e. The van der Waals surface area contributed by atoms with Gasteiger partial charge in [-0.05, 0) is 74.9 Å². The van der Waals surface area contributed by atoms with Gasteiger partial charge in [0.2, 0.25) is 0 Å². The molecule has 168 valence electrons. The van der Waals surface area contributed by atoms with E-state index in [1.807, 2.05) is 19.1 Å². The molecule has 10 heteroatoms. The zero-order valence-electron chi connectivity index (χ0n) is 18.2. The molecule has 0 saturated heterocycles. The number of rotatable bonds is 5. The third-order valence-electron chi connectivity index (χ3n) is 5.30. The van der Waals surface area contributed by atoms with Gasteiger partial charge in [-0.1, -0.05) is 24.6 Å². The van der Waals surface area contributed by atoms with Crippen molar-refractivity contribution in [3.63, 3.8) is 0 Å². The maximum absolute atomic E-state index is 12.8. The van der Waals surface area contributed by atoms with E-state index in [4.69, 9.17) is 17.0 Å². The number of aryl methyl sites for hydroxylation is 3. The number of carbonyl (C=O) groups excluding carboxylic acids is 1. The summed E-state index contributed by atoms with van der Waals surface area (Å²) in [4.78, 5) is 16.1. The number of benzene rings is 1. The molecule has 2 aromatic rings. The van der Waals surface area contributed by atoms with Gasteiger partial charge in [0.15, 0.2) is 5.11 Å². The second-order valence-corrected chi connectivity index (χ2v) is 11.1. The first-order valence-electron chi connectivity index (χ1n) is 9.93. The number of anilines is 1. The molecule has 1 unspecified atom stereocenters. The van der Waals surface area contributed by atoms with Crippen molar-refractivity contribution >= 4 is 49.7 Å². The first kappa shape index (κ1) is 23.6. The summed E-state index contributed by atoms with van der Waals surface area (Å²) in [6, 6.07) is 3.63. The van der Waals surface area contributed by atoms with Crippen LogP contribution in [0.25, 0.3) is 0 Å². The van der Waals surface area contributed by atoms with Gasteiger partial charge >= 0.3 is 5.97 Å². The lowest BCUT2D eigenvalue weighted by molar-refractivity contribution is 0.0600. The molecule has 31 heavy (non-hydrogen) atoms. The number of hydrazine groups is 1. The zero-order valence-corrected chi connectivity index (χ0v) is 20.7. The molecule has 0 amide bonds. The van der Waals surface area contributed by atoms with E-state index in [2.05, 4.69) is 22.5 Å². The molecule has 0 fully saturated rings. The highest BCUT2D eigenvalue weighted by molar-refractivity contribution is 7.89. The molecule has 0 bridgehead atoms. The van der Waals surface area contributed by atoms with E-state index >= 15 is 0 Å². The summed E-state index contributed by atoms with van der Waals surface area (Å²) in [6.07, 6.45) is 2.70. The fourth-order valence-electron chi connectivity index (χ4n) is 4.05. The normalized spacial score (nSPS) is 15.8. The van der Waals surface area contributed by atoms with Crippen molar-refractivity contribution in [1.29, 1.82) is 0 Å². The molecule has 1 aromatic heterocycles. The van der Waals surface area contributed by atoms with Crippen molar-refractivity contribution in [3.05, 3.63) is 44.8 Å². The fraction of sp³-hybridized carbons (Fsp3) is 0.429. The Bertz CT molecular complexity index is 1120. The van der Waals surface area contributed by atoms with E-state index in [0.717, 1.165) is 35.3 Å². The summed E-state index contributed by atoms with van der Waals surface area (Å²) < 4.78 is 30.6. The molecule has 0 aliphatic heterocycles. The van der Waals surface area contributed by atoms with Gasteiger partial charge < -0.3 is 10.1 Å². The summed E-state index contributed by atoms with van der Waals surface area (Å²) in [5, 5.41) is 3.58. The van der Waals surface area contributed by atoms with E-state index in [1.165, 1.54) is 18.4 Å². The molecule has 7 nitrogen and oxygen atoms in total. The minimum absolute atomic E-state index is 0.0443. The van der Waals surface area contributed by atoms with Crippen LogP contribution in [0.4, 0.5) is 5.00 Å². The number of hydrogen-bond acceptors (Lipinski definition) is 6. The minimum Gasteiger partial charge on any atom is -0.465 e. The van der Waals surface area contributed by atoms with E-state index in [1.54, 1.807) is 13.8 Å². The van der Waals surface area contributed by atoms with Gasteiger partial charge in [-0.25, -0.2) is 13.2 Å². The number of sulfonamides is 1. The molecular formula is C21H27N3O4S3. The fourth-order valence-corrected chi connectivity index (χ4v) is 7.04. The largest absolute Gasteiger partial charge is 0.465 e. The van der Waals surface area contributed by atoms with Crippen LogP contribution in [0.1, 0.15) is 50.8 Å². The lowest BCUT2D eigenvalue weighted by Crippen LogP contribution is -2.44. The number of ether oxygens (including phenoxy) is 1. The Morgan fingerprint density at radius 3 is 2.48 bits per heavy atom. The Morgan fingerprint density at radius 1 is 1.23 bits per heavy atom.